The Labute approximate surface area is 114 Å². The standard InChI is InChI=1S/C14H11BrN2O/c1-18-14-5-3-2-4-13(14)17-12-7-10(9-16)6-11(15)8-12/h2-8,17H,1H3. The van der Waals surface area contributed by atoms with Crippen molar-refractivity contribution in [2.75, 3.05) is 12.4 Å². The van der Waals surface area contributed by atoms with Crippen molar-refractivity contribution in [3.8, 4) is 11.8 Å². The molecule has 0 unspecified atom stereocenters. The predicted octanol–water partition coefficient (Wildman–Crippen LogP) is 4.07. The molecule has 0 spiro atoms. The molecule has 0 aliphatic rings. The summed E-state index contributed by atoms with van der Waals surface area (Å²) in [5.41, 5.74) is 2.30. The third-order valence-corrected chi connectivity index (χ3v) is 2.87. The highest BCUT2D eigenvalue weighted by Gasteiger charge is 2.03. The number of nitrogens with one attached hydrogen (secondary N) is 1. The van der Waals surface area contributed by atoms with Crippen LogP contribution in [0.15, 0.2) is 46.9 Å². The summed E-state index contributed by atoms with van der Waals surface area (Å²) in [4.78, 5) is 0. The average Bonchev–Trinajstić information content (AvgIpc) is 2.38. The highest BCUT2D eigenvalue weighted by Crippen LogP contribution is 2.28. The normalized spacial score (nSPS) is 9.61. The Bertz CT molecular complexity index is 605. The zero-order valence-corrected chi connectivity index (χ0v) is 11.4. The molecular formula is C14H11BrN2O. The lowest BCUT2D eigenvalue weighted by Gasteiger charge is -2.11. The highest BCUT2D eigenvalue weighted by atomic mass is 79.9. The van der Waals surface area contributed by atoms with Crippen molar-refractivity contribution < 1.29 is 4.74 Å². The lowest BCUT2D eigenvalue weighted by Crippen LogP contribution is -1.94. The van der Waals surface area contributed by atoms with Crippen molar-refractivity contribution >= 4 is 27.3 Å². The van der Waals surface area contributed by atoms with Crippen LogP contribution in [0.5, 0.6) is 5.75 Å². The smallest absolute Gasteiger partial charge is 0.142 e. The molecular weight excluding hydrogens is 292 g/mol. The SMILES string of the molecule is COc1ccccc1Nc1cc(Br)cc(C#N)c1. The first kappa shape index (κ1) is 12.5. The molecule has 2 aromatic rings. The van der Waals surface area contributed by atoms with E-state index in [0.717, 1.165) is 21.6 Å². The van der Waals surface area contributed by atoms with Gasteiger partial charge in [-0.3, -0.25) is 0 Å². The minimum absolute atomic E-state index is 0.599. The molecule has 2 aromatic carbocycles. The van der Waals surface area contributed by atoms with Gasteiger partial charge in [-0.25, -0.2) is 0 Å². The van der Waals surface area contributed by atoms with Gasteiger partial charge in [0.2, 0.25) is 0 Å². The predicted molar refractivity (Wildman–Crippen MR) is 75.1 cm³/mol. The van der Waals surface area contributed by atoms with Crippen molar-refractivity contribution in [3.63, 3.8) is 0 Å². The van der Waals surface area contributed by atoms with Gasteiger partial charge >= 0.3 is 0 Å². The number of halogens is 1. The van der Waals surface area contributed by atoms with Gasteiger partial charge in [0.25, 0.3) is 0 Å². The van der Waals surface area contributed by atoms with E-state index in [9.17, 15) is 0 Å². The molecule has 1 N–H and O–H groups in total. The summed E-state index contributed by atoms with van der Waals surface area (Å²) in [5, 5.41) is 12.2. The molecule has 4 heteroatoms. The number of nitrogens with zero attached hydrogens (tertiary/aromatic N) is 1. The van der Waals surface area contributed by atoms with Crippen molar-refractivity contribution in [1.29, 1.82) is 5.26 Å². The Morgan fingerprint density at radius 1 is 1.22 bits per heavy atom. The van der Waals surface area contributed by atoms with Gasteiger partial charge in [-0.15, -0.1) is 0 Å². The van der Waals surface area contributed by atoms with Crippen LogP contribution in [-0.2, 0) is 0 Å². The van der Waals surface area contributed by atoms with Crippen molar-refractivity contribution in [1.82, 2.24) is 0 Å². The Morgan fingerprint density at radius 3 is 2.72 bits per heavy atom. The zero-order valence-electron chi connectivity index (χ0n) is 9.77. The van der Waals surface area contributed by atoms with E-state index in [1.54, 1.807) is 19.2 Å². The van der Waals surface area contributed by atoms with Crippen molar-refractivity contribution in [2.24, 2.45) is 0 Å². The van der Waals surface area contributed by atoms with Crippen LogP contribution in [0.2, 0.25) is 0 Å². The van der Waals surface area contributed by atoms with Crippen LogP contribution in [0.25, 0.3) is 0 Å². The van der Waals surface area contributed by atoms with Crippen LogP contribution in [-0.4, -0.2) is 7.11 Å². The number of para-hydroxylation sites is 2. The second-order valence-corrected chi connectivity index (χ2v) is 4.58. The number of methoxy groups -OCH3 is 1. The maximum Gasteiger partial charge on any atom is 0.142 e. The molecule has 0 fully saturated rings. The van der Waals surface area contributed by atoms with Crippen LogP contribution in [0.4, 0.5) is 11.4 Å². The maximum atomic E-state index is 8.93. The van der Waals surface area contributed by atoms with Gasteiger partial charge in [0, 0.05) is 10.2 Å². The van der Waals surface area contributed by atoms with E-state index in [1.165, 1.54) is 0 Å². The third-order valence-electron chi connectivity index (χ3n) is 2.41. The molecule has 0 aliphatic carbocycles. The quantitative estimate of drug-likeness (QED) is 0.929. The van der Waals surface area contributed by atoms with Crippen molar-refractivity contribution in [3.05, 3.63) is 52.5 Å². The fourth-order valence-corrected chi connectivity index (χ4v) is 2.12. The van der Waals surface area contributed by atoms with Crippen LogP contribution in [0, 0.1) is 11.3 Å². The zero-order chi connectivity index (χ0) is 13.0. The second kappa shape index (κ2) is 5.56. The van der Waals surface area contributed by atoms with E-state index >= 15 is 0 Å². The Morgan fingerprint density at radius 2 is 2.00 bits per heavy atom. The van der Waals surface area contributed by atoms with Gasteiger partial charge in [-0.2, -0.15) is 5.26 Å². The Kier molecular flexibility index (Phi) is 3.85. The minimum Gasteiger partial charge on any atom is -0.495 e. The van der Waals surface area contributed by atoms with Crippen molar-refractivity contribution in [2.45, 2.75) is 0 Å². The van der Waals surface area contributed by atoms with Crippen LogP contribution in [0.1, 0.15) is 5.56 Å². The number of nitriles is 1. The maximum absolute atomic E-state index is 8.93. The Balaban J connectivity index is 2.34. The Hall–Kier alpha value is -1.99. The molecule has 2 rings (SSSR count). The first-order valence-electron chi connectivity index (χ1n) is 5.33. The summed E-state index contributed by atoms with van der Waals surface area (Å²) in [7, 11) is 1.63. The number of hydrogen-bond acceptors (Lipinski definition) is 3. The van der Waals surface area contributed by atoms with Gasteiger partial charge in [-0.1, -0.05) is 28.1 Å². The van der Waals surface area contributed by atoms with Gasteiger partial charge in [0.05, 0.1) is 24.4 Å². The molecule has 0 bridgehead atoms. The molecule has 0 atom stereocenters. The molecule has 90 valence electrons. The van der Waals surface area contributed by atoms with E-state index in [0.29, 0.717) is 5.56 Å². The highest BCUT2D eigenvalue weighted by molar-refractivity contribution is 9.10. The van der Waals surface area contributed by atoms with Crippen LogP contribution < -0.4 is 10.1 Å². The first-order chi connectivity index (χ1) is 8.72. The van der Waals surface area contributed by atoms with E-state index in [2.05, 4.69) is 27.3 Å². The summed E-state index contributed by atoms with van der Waals surface area (Å²) in [6.45, 7) is 0. The monoisotopic (exact) mass is 302 g/mol. The van der Waals surface area contributed by atoms with Crippen LogP contribution >= 0.6 is 15.9 Å². The van der Waals surface area contributed by atoms with E-state index in [1.807, 2.05) is 30.3 Å². The third kappa shape index (κ3) is 2.82. The van der Waals surface area contributed by atoms with Gasteiger partial charge in [-0.05, 0) is 30.3 Å². The fraction of sp³-hybridized carbons (Fsp3) is 0.0714. The van der Waals surface area contributed by atoms with Crippen LogP contribution in [0.3, 0.4) is 0 Å². The summed E-state index contributed by atoms with van der Waals surface area (Å²) in [6.07, 6.45) is 0. The molecule has 3 nitrogen and oxygen atoms in total. The average molecular weight is 303 g/mol. The molecule has 0 aromatic heterocycles. The number of anilines is 2. The molecule has 0 amide bonds. The second-order valence-electron chi connectivity index (χ2n) is 3.67. The molecule has 0 radical (unpaired) electrons. The number of benzene rings is 2. The topological polar surface area (TPSA) is 45.0 Å². The number of rotatable bonds is 3. The summed E-state index contributed by atoms with van der Waals surface area (Å²) in [6, 6.07) is 15.2. The molecule has 0 heterocycles. The summed E-state index contributed by atoms with van der Waals surface area (Å²) >= 11 is 3.38. The number of hydrogen-bond donors (Lipinski definition) is 1. The van der Waals surface area contributed by atoms with Gasteiger partial charge < -0.3 is 10.1 Å². The minimum atomic E-state index is 0.599. The largest absolute Gasteiger partial charge is 0.495 e. The van der Waals surface area contributed by atoms with E-state index < -0.39 is 0 Å². The van der Waals surface area contributed by atoms with E-state index in [-0.39, 0.29) is 0 Å². The van der Waals surface area contributed by atoms with Gasteiger partial charge in [0.15, 0.2) is 0 Å². The lowest BCUT2D eigenvalue weighted by atomic mass is 10.2. The van der Waals surface area contributed by atoms with Gasteiger partial charge in [0.1, 0.15) is 5.75 Å². The molecule has 0 saturated heterocycles. The number of ether oxygens (including phenoxy) is 1. The first-order valence-corrected chi connectivity index (χ1v) is 6.13. The van der Waals surface area contributed by atoms with E-state index in [4.69, 9.17) is 10.00 Å². The molecule has 0 saturated carbocycles. The summed E-state index contributed by atoms with van der Waals surface area (Å²) in [5.74, 6) is 0.760. The lowest BCUT2D eigenvalue weighted by molar-refractivity contribution is 0.417. The summed E-state index contributed by atoms with van der Waals surface area (Å²) < 4.78 is 6.13. The fourth-order valence-electron chi connectivity index (χ4n) is 1.63. The molecule has 0 aliphatic heterocycles. The molecule has 18 heavy (non-hydrogen) atoms.